The van der Waals surface area contributed by atoms with Gasteiger partial charge in [0.25, 0.3) is 0 Å². The van der Waals surface area contributed by atoms with Gasteiger partial charge < -0.3 is 10.2 Å². The normalized spacial score (nSPS) is 20.6. The van der Waals surface area contributed by atoms with Crippen LogP contribution < -0.4 is 10.2 Å². The molecule has 0 amide bonds. The summed E-state index contributed by atoms with van der Waals surface area (Å²) in [7, 11) is 1.96. The second-order valence-corrected chi connectivity index (χ2v) is 4.90. The molecular formula is C14H23N3. The van der Waals surface area contributed by atoms with Gasteiger partial charge in [0.1, 0.15) is 0 Å². The third-order valence-electron chi connectivity index (χ3n) is 3.62. The lowest BCUT2D eigenvalue weighted by Gasteiger charge is -2.34. The standard InChI is InChI=1S/C14H23N3/c1-3-12-5-4-8-17(11-12)14-6-7-16-13(9-14)10-15-2/h6-7,9,12,15H,3-5,8,10-11H2,1-2H3. The van der Waals surface area contributed by atoms with E-state index in [1.165, 1.54) is 38.0 Å². The van der Waals surface area contributed by atoms with E-state index >= 15 is 0 Å². The summed E-state index contributed by atoms with van der Waals surface area (Å²) >= 11 is 0. The van der Waals surface area contributed by atoms with Crippen LogP contribution in [0.15, 0.2) is 18.3 Å². The van der Waals surface area contributed by atoms with Gasteiger partial charge in [-0.05, 0) is 37.9 Å². The Morgan fingerprint density at radius 1 is 1.53 bits per heavy atom. The molecule has 1 saturated heterocycles. The molecule has 3 nitrogen and oxygen atoms in total. The quantitative estimate of drug-likeness (QED) is 0.865. The van der Waals surface area contributed by atoms with Crippen LogP contribution in [0.3, 0.4) is 0 Å². The topological polar surface area (TPSA) is 28.2 Å². The summed E-state index contributed by atoms with van der Waals surface area (Å²) in [5, 5.41) is 3.15. The van der Waals surface area contributed by atoms with Crippen molar-refractivity contribution in [3.8, 4) is 0 Å². The van der Waals surface area contributed by atoms with Crippen molar-refractivity contribution in [1.29, 1.82) is 0 Å². The summed E-state index contributed by atoms with van der Waals surface area (Å²) in [6.07, 6.45) is 5.94. The number of pyridine rings is 1. The molecule has 3 heteroatoms. The van der Waals surface area contributed by atoms with Crippen molar-refractivity contribution in [3.05, 3.63) is 24.0 Å². The van der Waals surface area contributed by atoms with Gasteiger partial charge in [-0.15, -0.1) is 0 Å². The van der Waals surface area contributed by atoms with Gasteiger partial charge in [-0.3, -0.25) is 4.98 Å². The van der Waals surface area contributed by atoms with E-state index in [9.17, 15) is 0 Å². The second-order valence-electron chi connectivity index (χ2n) is 4.90. The lowest BCUT2D eigenvalue weighted by molar-refractivity contribution is 0.404. The van der Waals surface area contributed by atoms with Crippen molar-refractivity contribution in [2.75, 3.05) is 25.0 Å². The number of hydrogen-bond acceptors (Lipinski definition) is 3. The molecule has 0 radical (unpaired) electrons. The monoisotopic (exact) mass is 233 g/mol. The van der Waals surface area contributed by atoms with E-state index in [0.29, 0.717) is 0 Å². The highest BCUT2D eigenvalue weighted by Gasteiger charge is 2.18. The molecule has 1 aliphatic heterocycles. The third-order valence-corrected chi connectivity index (χ3v) is 3.62. The third kappa shape index (κ3) is 3.19. The fourth-order valence-corrected chi connectivity index (χ4v) is 2.57. The van der Waals surface area contributed by atoms with Gasteiger partial charge in [0.2, 0.25) is 0 Å². The smallest absolute Gasteiger partial charge is 0.0562 e. The zero-order valence-corrected chi connectivity index (χ0v) is 10.9. The number of rotatable bonds is 4. The highest BCUT2D eigenvalue weighted by Crippen LogP contribution is 2.24. The maximum atomic E-state index is 4.37. The minimum absolute atomic E-state index is 0.846. The number of aromatic nitrogens is 1. The first-order chi connectivity index (χ1) is 8.33. The van der Waals surface area contributed by atoms with Gasteiger partial charge >= 0.3 is 0 Å². The summed E-state index contributed by atoms with van der Waals surface area (Å²) in [5.74, 6) is 0.865. The van der Waals surface area contributed by atoms with Crippen LogP contribution in [-0.2, 0) is 6.54 Å². The van der Waals surface area contributed by atoms with Gasteiger partial charge in [-0.25, -0.2) is 0 Å². The first-order valence-corrected chi connectivity index (χ1v) is 6.68. The molecule has 0 aliphatic carbocycles. The number of piperidine rings is 1. The Kier molecular flexibility index (Phi) is 4.37. The van der Waals surface area contributed by atoms with Gasteiger partial charge in [-0.1, -0.05) is 13.3 Å². The molecule has 1 aromatic rings. The molecule has 1 unspecified atom stereocenters. The molecule has 17 heavy (non-hydrogen) atoms. The molecule has 0 spiro atoms. The molecule has 1 aliphatic rings. The first-order valence-electron chi connectivity index (χ1n) is 6.68. The van der Waals surface area contributed by atoms with E-state index < -0.39 is 0 Å². The van der Waals surface area contributed by atoms with E-state index in [2.05, 4.69) is 34.3 Å². The van der Waals surface area contributed by atoms with Crippen LogP contribution in [0.2, 0.25) is 0 Å². The van der Waals surface area contributed by atoms with E-state index in [1.807, 2.05) is 13.2 Å². The molecule has 0 bridgehead atoms. The van der Waals surface area contributed by atoms with Gasteiger partial charge in [0.15, 0.2) is 0 Å². The van der Waals surface area contributed by atoms with Crippen LogP contribution in [0.4, 0.5) is 5.69 Å². The zero-order valence-electron chi connectivity index (χ0n) is 10.9. The minimum atomic E-state index is 0.846. The van der Waals surface area contributed by atoms with Crippen molar-refractivity contribution in [2.45, 2.75) is 32.7 Å². The molecule has 94 valence electrons. The molecule has 2 heterocycles. The zero-order chi connectivity index (χ0) is 12.1. The van der Waals surface area contributed by atoms with Gasteiger partial charge in [0.05, 0.1) is 5.69 Å². The average molecular weight is 233 g/mol. The van der Waals surface area contributed by atoms with Crippen molar-refractivity contribution in [2.24, 2.45) is 5.92 Å². The number of hydrogen-bond donors (Lipinski definition) is 1. The molecule has 1 atom stereocenters. The summed E-state index contributed by atoms with van der Waals surface area (Å²) in [5.41, 5.74) is 2.46. The Balaban J connectivity index is 2.07. The van der Waals surface area contributed by atoms with Crippen LogP contribution in [0.5, 0.6) is 0 Å². The molecular weight excluding hydrogens is 210 g/mol. The summed E-state index contributed by atoms with van der Waals surface area (Å²) in [4.78, 5) is 6.89. The van der Waals surface area contributed by atoms with E-state index in [1.54, 1.807) is 0 Å². The molecule has 1 N–H and O–H groups in total. The Morgan fingerprint density at radius 3 is 3.18 bits per heavy atom. The molecule has 0 saturated carbocycles. The lowest BCUT2D eigenvalue weighted by atomic mass is 9.95. The van der Waals surface area contributed by atoms with E-state index in [-0.39, 0.29) is 0 Å². The van der Waals surface area contributed by atoms with Crippen LogP contribution >= 0.6 is 0 Å². The van der Waals surface area contributed by atoms with Crippen LogP contribution in [0.1, 0.15) is 31.9 Å². The second kappa shape index (κ2) is 6.01. The van der Waals surface area contributed by atoms with Gasteiger partial charge in [-0.2, -0.15) is 0 Å². The van der Waals surface area contributed by atoms with Crippen molar-refractivity contribution >= 4 is 5.69 Å². The maximum Gasteiger partial charge on any atom is 0.0562 e. The largest absolute Gasteiger partial charge is 0.371 e. The van der Waals surface area contributed by atoms with E-state index in [0.717, 1.165) is 18.2 Å². The summed E-state index contributed by atoms with van der Waals surface area (Å²) in [6.45, 7) is 5.55. The van der Waals surface area contributed by atoms with E-state index in [4.69, 9.17) is 0 Å². The van der Waals surface area contributed by atoms with Crippen molar-refractivity contribution < 1.29 is 0 Å². The average Bonchev–Trinajstić information content (AvgIpc) is 2.40. The Hall–Kier alpha value is -1.09. The number of nitrogens with one attached hydrogen (secondary N) is 1. The van der Waals surface area contributed by atoms with Gasteiger partial charge in [0, 0.05) is 31.5 Å². The highest BCUT2D eigenvalue weighted by atomic mass is 15.1. The Morgan fingerprint density at radius 2 is 2.41 bits per heavy atom. The Bertz CT molecular complexity index is 351. The molecule has 2 rings (SSSR count). The number of nitrogens with zero attached hydrogens (tertiary/aromatic N) is 2. The van der Waals surface area contributed by atoms with Crippen LogP contribution in [-0.4, -0.2) is 25.1 Å². The lowest BCUT2D eigenvalue weighted by Crippen LogP contribution is -2.35. The summed E-state index contributed by atoms with van der Waals surface area (Å²) < 4.78 is 0. The van der Waals surface area contributed by atoms with Crippen molar-refractivity contribution in [1.82, 2.24) is 10.3 Å². The van der Waals surface area contributed by atoms with Crippen LogP contribution in [0, 0.1) is 5.92 Å². The Labute approximate surface area is 104 Å². The van der Waals surface area contributed by atoms with Crippen LogP contribution in [0.25, 0.3) is 0 Å². The van der Waals surface area contributed by atoms with Crippen molar-refractivity contribution in [3.63, 3.8) is 0 Å². The fourth-order valence-electron chi connectivity index (χ4n) is 2.57. The molecule has 1 fully saturated rings. The predicted molar refractivity (Wildman–Crippen MR) is 72.2 cm³/mol. The minimum Gasteiger partial charge on any atom is -0.371 e. The summed E-state index contributed by atoms with van der Waals surface area (Å²) in [6, 6.07) is 4.35. The SMILES string of the molecule is CCC1CCCN(c2ccnc(CNC)c2)C1. The molecule has 0 aromatic carbocycles. The fraction of sp³-hybridized carbons (Fsp3) is 0.643. The highest BCUT2D eigenvalue weighted by molar-refractivity contribution is 5.47. The number of anilines is 1. The first kappa shape index (κ1) is 12.4. The molecule has 1 aromatic heterocycles. The maximum absolute atomic E-state index is 4.37. The predicted octanol–water partition coefficient (Wildman–Crippen LogP) is 2.43.